The summed E-state index contributed by atoms with van der Waals surface area (Å²) < 4.78 is 5.34. The number of carbonyl (C=O) groups excluding carboxylic acids is 1. The molecular weight excluding hydrogens is 332 g/mol. The van der Waals surface area contributed by atoms with Gasteiger partial charge in [-0.25, -0.2) is 0 Å². The van der Waals surface area contributed by atoms with Gasteiger partial charge in [0.1, 0.15) is 0 Å². The van der Waals surface area contributed by atoms with E-state index in [-0.39, 0.29) is 5.91 Å². The van der Waals surface area contributed by atoms with Gasteiger partial charge >= 0.3 is 6.01 Å². The second-order valence-electron chi connectivity index (χ2n) is 6.90. The number of amides is 1. The van der Waals surface area contributed by atoms with Gasteiger partial charge in [0.25, 0.3) is 0 Å². The Bertz CT molecular complexity index is 603. The number of nitrogens with zero attached hydrogens (tertiary/aromatic N) is 6. The van der Waals surface area contributed by atoms with Crippen molar-refractivity contribution >= 4 is 17.8 Å². The minimum absolute atomic E-state index is 0.213. The van der Waals surface area contributed by atoms with Gasteiger partial charge in [-0.3, -0.25) is 4.79 Å². The van der Waals surface area contributed by atoms with Crippen LogP contribution in [0.4, 0.5) is 11.9 Å². The molecule has 2 fully saturated rings. The Hall–Kier alpha value is -2.12. The molecule has 0 bridgehead atoms. The first kappa shape index (κ1) is 18.7. The highest BCUT2D eigenvalue weighted by molar-refractivity contribution is 5.75. The number of hydrogen-bond acceptors (Lipinski definition) is 7. The highest BCUT2D eigenvalue weighted by atomic mass is 16.5. The van der Waals surface area contributed by atoms with Crippen molar-refractivity contribution < 1.29 is 9.53 Å². The van der Waals surface area contributed by atoms with Crippen LogP contribution < -0.4 is 14.5 Å². The van der Waals surface area contributed by atoms with Crippen LogP contribution in [-0.4, -0.2) is 72.1 Å². The smallest absolute Gasteiger partial charge is 0.322 e. The molecule has 3 heterocycles. The Labute approximate surface area is 155 Å². The zero-order valence-corrected chi connectivity index (χ0v) is 16.0. The molecule has 2 saturated heterocycles. The van der Waals surface area contributed by atoms with E-state index in [1.165, 1.54) is 25.7 Å². The van der Waals surface area contributed by atoms with Gasteiger partial charge in [0.05, 0.1) is 7.11 Å². The second kappa shape index (κ2) is 9.00. The SMILES string of the molecule is CCC(=O)N1CCCN(c2nc(OC)nc(N3CCCCCC3)n2)CC1. The van der Waals surface area contributed by atoms with E-state index in [9.17, 15) is 4.79 Å². The molecule has 26 heavy (non-hydrogen) atoms. The average molecular weight is 362 g/mol. The van der Waals surface area contributed by atoms with Gasteiger partial charge in [-0.15, -0.1) is 0 Å². The fourth-order valence-electron chi connectivity index (χ4n) is 3.57. The van der Waals surface area contributed by atoms with E-state index >= 15 is 0 Å². The maximum atomic E-state index is 12.0. The van der Waals surface area contributed by atoms with Crippen LogP contribution in [0.15, 0.2) is 0 Å². The lowest BCUT2D eigenvalue weighted by atomic mass is 10.2. The number of aromatic nitrogens is 3. The Morgan fingerprint density at radius 1 is 0.846 bits per heavy atom. The third-order valence-electron chi connectivity index (χ3n) is 5.10. The fraction of sp³-hybridized carbons (Fsp3) is 0.778. The number of carbonyl (C=O) groups is 1. The molecule has 1 aromatic heterocycles. The predicted octanol–water partition coefficient (Wildman–Crippen LogP) is 1.71. The summed E-state index contributed by atoms with van der Waals surface area (Å²) in [4.78, 5) is 32.0. The summed E-state index contributed by atoms with van der Waals surface area (Å²) in [5.41, 5.74) is 0. The molecule has 1 amide bonds. The minimum atomic E-state index is 0.213. The summed E-state index contributed by atoms with van der Waals surface area (Å²) in [5.74, 6) is 1.58. The highest BCUT2D eigenvalue weighted by Gasteiger charge is 2.22. The van der Waals surface area contributed by atoms with E-state index in [4.69, 9.17) is 9.72 Å². The molecule has 8 nitrogen and oxygen atoms in total. The van der Waals surface area contributed by atoms with Gasteiger partial charge in [-0.2, -0.15) is 15.0 Å². The van der Waals surface area contributed by atoms with Crippen LogP contribution in [-0.2, 0) is 4.79 Å². The molecule has 0 aliphatic carbocycles. The van der Waals surface area contributed by atoms with Crippen LogP contribution in [0.3, 0.4) is 0 Å². The van der Waals surface area contributed by atoms with Gasteiger partial charge in [-0.05, 0) is 19.3 Å². The maximum Gasteiger partial charge on any atom is 0.322 e. The average Bonchev–Trinajstić information content (AvgIpc) is 3.10. The normalized spacial score (nSPS) is 19.1. The van der Waals surface area contributed by atoms with E-state index in [1.54, 1.807) is 7.11 Å². The first-order valence-corrected chi connectivity index (χ1v) is 9.79. The van der Waals surface area contributed by atoms with E-state index in [2.05, 4.69) is 19.8 Å². The molecule has 8 heteroatoms. The van der Waals surface area contributed by atoms with Gasteiger partial charge in [0.15, 0.2) is 0 Å². The lowest BCUT2D eigenvalue weighted by Gasteiger charge is -2.24. The quantitative estimate of drug-likeness (QED) is 0.807. The summed E-state index contributed by atoms with van der Waals surface area (Å²) in [6.07, 6.45) is 6.33. The van der Waals surface area contributed by atoms with E-state index in [0.717, 1.165) is 39.1 Å². The molecule has 2 aliphatic rings. The fourth-order valence-corrected chi connectivity index (χ4v) is 3.57. The molecule has 1 aromatic rings. The first-order chi connectivity index (χ1) is 12.7. The monoisotopic (exact) mass is 362 g/mol. The largest absolute Gasteiger partial charge is 0.467 e. The van der Waals surface area contributed by atoms with Crippen molar-refractivity contribution in [3.63, 3.8) is 0 Å². The molecule has 144 valence electrons. The Morgan fingerprint density at radius 3 is 2.08 bits per heavy atom. The third-order valence-corrected chi connectivity index (χ3v) is 5.10. The first-order valence-electron chi connectivity index (χ1n) is 9.79. The number of methoxy groups -OCH3 is 1. The molecule has 0 radical (unpaired) electrons. The summed E-state index contributed by atoms with van der Waals surface area (Å²) >= 11 is 0. The van der Waals surface area contributed by atoms with Crippen molar-refractivity contribution in [1.82, 2.24) is 19.9 Å². The van der Waals surface area contributed by atoms with Gasteiger partial charge in [0.2, 0.25) is 17.8 Å². The van der Waals surface area contributed by atoms with Crippen LogP contribution in [0.25, 0.3) is 0 Å². The van der Waals surface area contributed by atoms with Crippen molar-refractivity contribution in [2.24, 2.45) is 0 Å². The molecular formula is C18H30N6O2. The summed E-state index contributed by atoms with van der Waals surface area (Å²) in [7, 11) is 1.59. The maximum absolute atomic E-state index is 12.0. The van der Waals surface area contributed by atoms with Crippen molar-refractivity contribution in [3.05, 3.63) is 0 Å². The number of rotatable bonds is 4. The van der Waals surface area contributed by atoms with Crippen molar-refractivity contribution in [2.45, 2.75) is 45.4 Å². The molecule has 2 aliphatic heterocycles. The Morgan fingerprint density at radius 2 is 1.46 bits per heavy atom. The summed E-state index contributed by atoms with van der Waals surface area (Å²) in [6, 6.07) is 0.361. The van der Waals surface area contributed by atoms with Gasteiger partial charge < -0.3 is 19.4 Å². The lowest BCUT2D eigenvalue weighted by Crippen LogP contribution is -2.35. The van der Waals surface area contributed by atoms with Crippen LogP contribution >= 0.6 is 0 Å². The highest BCUT2D eigenvalue weighted by Crippen LogP contribution is 2.21. The number of hydrogen-bond donors (Lipinski definition) is 0. The summed E-state index contributed by atoms with van der Waals surface area (Å²) in [5, 5.41) is 0. The molecule has 0 spiro atoms. The van der Waals surface area contributed by atoms with Gasteiger partial charge in [0, 0.05) is 45.7 Å². The lowest BCUT2D eigenvalue weighted by molar-refractivity contribution is -0.130. The molecule has 0 saturated carbocycles. The molecule has 0 aromatic carbocycles. The van der Waals surface area contributed by atoms with Gasteiger partial charge in [-0.1, -0.05) is 19.8 Å². The van der Waals surface area contributed by atoms with Crippen LogP contribution in [0.2, 0.25) is 0 Å². The number of anilines is 2. The zero-order valence-electron chi connectivity index (χ0n) is 16.0. The van der Waals surface area contributed by atoms with Crippen LogP contribution in [0.1, 0.15) is 45.4 Å². The second-order valence-corrected chi connectivity index (χ2v) is 6.90. The third kappa shape index (κ3) is 4.53. The van der Waals surface area contributed by atoms with E-state index < -0.39 is 0 Å². The zero-order chi connectivity index (χ0) is 18.4. The summed E-state index contributed by atoms with van der Waals surface area (Å²) in [6.45, 7) is 6.94. The topological polar surface area (TPSA) is 74.7 Å². The molecule has 0 unspecified atom stereocenters. The number of ether oxygens (including phenoxy) is 1. The van der Waals surface area contributed by atoms with E-state index in [0.29, 0.717) is 30.9 Å². The van der Waals surface area contributed by atoms with E-state index in [1.807, 2.05) is 11.8 Å². The van der Waals surface area contributed by atoms with Crippen molar-refractivity contribution in [1.29, 1.82) is 0 Å². The predicted molar refractivity (Wildman–Crippen MR) is 101 cm³/mol. The molecule has 3 rings (SSSR count). The van der Waals surface area contributed by atoms with Crippen molar-refractivity contribution in [3.8, 4) is 6.01 Å². The van der Waals surface area contributed by atoms with Crippen LogP contribution in [0.5, 0.6) is 6.01 Å². The van der Waals surface area contributed by atoms with Crippen molar-refractivity contribution in [2.75, 3.05) is 56.2 Å². The molecule has 0 N–H and O–H groups in total. The Balaban J connectivity index is 1.78. The molecule has 0 atom stereocenters. The standard InChI is InChI=1S/C18H30N6O2/c1-3-15(25)22-11-8-12-24(14-13-22)17-19-16(20-18(21-17)26-2)23-9-6-4-5-7-10-23/h3-14H2,1-2H3. The van der Waals surface area contributed by atoms with Crippen LogP contribution in [0, 0.1) is 0 Å². The Kier molecular flexibility index (Phi) is 6.46. The minimum Gasteiger partial charge on any atom is -0.467 e.